The number of thioether (sulfide) groups is 1. The molecular formula is C14H15F2NOS. The normalized spacial score (nSPS) is 12.6. The summed E-state index contributed by atoms with van der Waals surface area (Å²) in [5.41, 5.74) is 0. The number of hydrogen-bond acceptors (Lipinski definition) is 3. The predicted molar refractivity (Wildman–Crippen MR) is 72.2 cm³/mol. The Balaban J connectivity index is 1.75. The zero-order valence-corrected chi connectivity index (χ0v) is 11.3. The second-order valence-corrected chi connectivity index (χ2v) is 5.25. The van der Waals surface area contributed by atoms with E-state index in [9.17, 15) is 8.78 Å². The van der Waals surface area contributed by atoms with Gasteiger partial charge in [0.15, 0.2) is 0 Å². The lowest BCUT2D eigenvalue weighted by Gasteiger charge is -2.11. The first kappa shape index (κ1) is 14.1. The summed E-state index contributed by atoms with van der Waals surface area (Å²) in [4.78, 5) is 0.467. The summed E-state index contributed by atoms with van der Waals surface area (Å²) in [5.74, 6) is 0.515. The lowest BCUT2D eigenvalue weighted by Crippen LogP contribution is -2.20. The lowest BCUT2D eigenvalue weighted by atomic mass is 10.2. The van der Waals surface area contributed by atoms with Crippen molar-refractivity contribution in [3.63, 3.8) is 0 Å². The van der Waals surface area contributed by atoms with Crippen LogP contribution in [0.25, 0.3) is 0 Å². The van der Waals surface area contributed by atoms with Crippen LogP contribution < -0.4 is 5.32 Å². The second-order valence-electron chi connectivity index (χ2n) is 4.11. The third-order valence-corrected chi connectivity index (χ3v) is 3.72. The predicted octanol–water partition coefficient (Wildman–Crippen LogP) is 4.00. The molecule has 0 saturated heterocycles. The fourth-order valence-corrected chi connectivity index (χ4v) is 2.47. The van der Waals surface area contributed by atoms with Crippen molar-refractivity contribution in [3.8, 4) is 0 Å². The van der Waals surface area contributed by atoms with Crippen LogP contribution >= 0.6 is 11.8 Å². The summed E-state index contributed by atoms with van der Waals surface area (Å²) in [6.07, 6.45) is 1.64. The molecular weight excluding hydrogens is 268 g/mol. The molecule has 0 radical (unpaired) electrons. The minimum atomic E-state index is -0.550. The highest BCUT2D eigenvalue weighted by molar-refractivity contribution is 7.99. The number of halogens is 2. The molecule has 0 amide bonds. The van der Waals surface area contributed by atoms with Crippen molar-refractivity contribution in [2.24, 2.45) is 0 Å². The van der Waals surface area contributed by atoms with Crippen molar-refractivity contribution in [1.82, 2.24) is 5.32 Å². The van der Waals surface area contributed by atoms with Crippen LogP contribution in [-0.4, -0.2) is 12.3 Å². The number of rotatable bonds is 6. The fourth-order valence-electron chi connectivity index (χ4n) is 1.67. The standard InChI is InChI=1S/C14H15F2NOS/c1-10(13-3-2-7-18-13)17-6-8-19-14-5-4-11(15)9-12(14)16/h2-5,7,9-10,17H,6,8H2,1H3. The summed E-state index contributed by atoms with van der Waals surface area (Å²) >= 11 is 1.36. The van der Waals surface area contributed by atoms with Gasteiger partial charge >= 0.3 is 0 Å². The molecule has 2 rings (SSSR count). The van der Waals surface area contributed by atoms with Crippen molar-refractivity contribution in [1.29, 1.82) is 0 Å². The van der Waals surface area contributed by atoms with Crippen molar-refractivity contribution < 1.29 is 13.2 Å². The van der Waals surface area contributed by atoms with E-state index in [-0.39, 0.29) is 6.04 Å². The average molecular weight is 283 g/mol. The van der Waals surface area contributed by atoms with Crippen LogP contribution in [-0.2, 0) is 0 Å². The maximum absolute atomic E-state index is 13.4. The van der Waals surface area contributed by atoms with Crippen LogP contribution in [0.2, 0.25) is 0 Å². The molecule has 1 aromatic heterocycles. The van der Waals surface area contributed by atoms with Gasteiger partial charge in [-0.1, -0.05) is 0 Å². The van der Waals surface area contributed by atoms with Gasteiger partial charge in [-0.2, -0.15) is 0 Å². The largest absolute Gasteiger partial charge is 0.468 e. The van der Waals surface area contributed by atoms with E-state index in [1.165, 1.54) is 23.9 Å². The molecule has 1 unspecified atom stereocenters. The highest BCUT2D eigenvalue weighted by Crippen LogP contribution is 2.22. The van der Waals surface area contributed by atoms with E-state index in [2.05, 4.69) is 5.32 Å². The van der Waals surface area contributed by atoms with Crippen molar-refractivity contribution >= 4 is 11.8 Å². The molecule has 0 aliphatic rings. The minimum Gasteiger partial charge on any atom is -0.468 e. The summed E-state index contributed by atoms with van der Waals surface area (Å²) in [7, 11) is 0. The van der Waals surface area contributed by atoms with Gasteiger partial charge in [0, 0.05) is 23.3 Å². The van der Waals surface area contributed by atoms with E-state index in [1.54, 1.807) is 6.26 Å². The molecule has 2 aromatic rings. The summed E-state index contributed by atoms with van der Waals surface area (Å²) in [6.45, 7) is 2.71. The Bertz CT molecular complexity index is 516. The van der Waals surface area contributed by atoms with Gasteiger partial charge in [-0.3, -0.25) is 0 Å². The van der Waals surface area contributed by atoms with Gasteiger partial charge in [0.1, 0.15) is 17.4 Å². The number of hydrogen-bond donors (Lipinski definition) is 1. The van der Waals surface area contributed by atoms with Crippen LogP contribution in [0.15, 0.2) is 45.9 Å². The van der Waals surface area contributed by atoms with Gasteiger partial charge in [0.05, 0.1) is 12.3 Å². The number of benzene rings is 1. The molecule has 0 aliphatic heterocycles. The van der Waals surface area contributed by atoms with Crippen LogP contribution in [0.5, 0.6) is 0 Å². The van der Waals surface area contributed by atoms with Gasteiger partial charge in [0.2, 0.25) is 0 Å². The van der Waals surface area contributed by atoms with E-state index in [0.29, 0.717) is 17.2 Å². The average Bonchev–Trinajstić information content (AvgIpc) is 2.90. The van der Waals surface area contributed by atoms with E-state index in [1.807, 2.05) is 19.1 Å². The first-order valence-corrected chi connectivity index (χ1v) is 7.00. The SMILES string of the molecule is CC(NCCSc1ccc(F)cc1F)c1ccco1. The zero-order chi connectivity index (χ0) is 13.7. The van der Waals surface area contributed by atoms with E-state index in [4.69, 9.17) is 4.42 Å². The van der Waals surface area contributed by atoms with Gasteiger partial charge in [-0.05, 0) is 31.2 Å². The molecule has 2 nitrogen and oxygen atoms in total. The second kappa shape index (κ2) is 6.73. The molecule has 19 heavy (non-hydrogen) atoms. The maximum Gasteiger partial charge on any atom is 0.139 e. The van der Waals surface area contributed by atoms with Crippen LogP contribution in [0.4, 0.5) is 8.78 Å². The highest BCUT2D eigenvalue weighted by Gasteiger charge is 2.07. The quantitative estimate of drug-likeness (QED) is 0.641. The Hall–Kier alpha value is -1.33. The first-order chi connectivity index (χ1) is 9.16. The molecule has 1 atom stereocenters. The van der Waals surface area contributed by atoms with E-state index >= 15 is 0 Å². The monoisotopic (exact) mass is 283 g/mol. The Labute approximate surface area is 115 Å². The topological polar surface area (TPSA) is 25.2 Å². The first-order valence-electron chi connectivity index (χ1n) is 6.01. The Morgan fingerprint density at radius 2 is 2.16 bits per heavy atom. The minimum absolute atomic E-state index is 0.119. The van der Waals surface area contributed by atoms with Gasteiger partial charge in [0.25, 0.3) is 0 Å². The Morgan fingerprint density at radius 1 is 1.32 bits per heavy atom. The van der Waals surface area contributed by atoms with E-state index in [0.717, 1.165) is 11.8 Å². The van der Waals surface area contributed by atoms with Gasteiger partial charge in [-0.25, -0.2) is 8.78 Å². The van der Waals surface area contributed by atoms with Crippen molar-refractivity contribution in [2.75, 3.05) is 12.3 Å². The summed E-state index contributed by atoms with van der Waals surface area (Å²) in [5, 5.41) is 3.27. The highest BCUT2D eigenvalue weighted by atomic mass is 32.2. The molecule has 0 aliphatic carbocycles. The van der Waals surface area contributed by atoms with Gasteiger partial charge < -0.3 is 9.73 Å². The smallest absolute Gasteiger partial charge is 0.139 e. The van der Waals surface area contributed by atoms with Crippen molar-refractivity contribution in [2.45, 2.75) is 17.9 Å². The number of furan rings is 1. The number of nitrogens with one attached hydrogen (secondary N) is 1. The Kier molecular flexibility index (Phi) is 4.99. The molecule has 0 bridgehead atoms. The zero-order valence-electron chi connectivity index (χ0n) is 10.5. The summed E-state index contributed by atoms with van der Waals surface area (Å²) in [6, 6.07) is 7.51. The van der Waals surface area contributed by atoms with Crippen molar-refractivity contribution in [3.05, 3.63) is 54.0 Å². The fraction of sp³-hybridized carbons (Fsp3) is 0.286. The van der Waals surface area contributed by atoms with Crippen LogP contribution in [0, 0.1) is 11.6 Å². The molecule has 0 saturated carbocycles. The molecule has 1 heterocycles. The molecule has 1 aromatic carbocycles. The van der Waals surface area contributed by atoms with Gasteiger partial charge in [-0.15, -0.1) is 11.8 Å². The molecule has 1 N–H and O–H groups in total. The molecule has 0 spiro atoms. The molecule has 5 heteroatoms. The molecule has 0 fully saturated rings. The third-order valence-electron chi connectivity index (χ3n) is 2.67. The van der Waals surface area contributed by atoms with Crippen LogP contribution in [0.1, 0.15) is 18.7 Å². The summed E-state index contributed by atoms with van der Waals surface area (Å²) < 4.78 is 31.4. The third kappa shape index (κ3) is 4.08. The van der Waals surface area contributed by atoms with E-state index < -0.39 is 11.6 Å². The molecule has 102 valence electrons. The van der Waals surface area contributed by atoms with Crippen LogP contribution in [0.3, 0.4) is 0 Å². The lowest BCUT2D eigenvalue weighted by molar-refractivity contribution is 0.438. The Morgan fingerprint density at radius 3 is 2.84 bits per heavy atom. The maximum atomic E-state index is 13.4.